The van der Waals surface area contributed by atoms with Gasteiger partial charge in [0.05, 0.1) is 16.4 Å². The quantitative estimate of drug-likeness (QED) is 0.352. The Labute approximate surface area is 176 Å². The van der Waals surface area contributed by atoms with Crippen LogP contribution in [0.25, 0.3) is 16.9 Å². The van der Waals surface area contributed by atoms with E-state index in [1.165, 1.54) is 0 Å². The summed E-state index contributed by atoms with van der Waals surface area (Å²) in [4.78, 5) is 13.5. The molecule has 0 fully saturated rings. The second-order valence-electron chi connectivity index (χ2n) is 6.43. The first-order valence-corrected chi connectivity index (χ1v) is 10.1. The molecule has 1 aromatic carbocycles. The number of benzene rings is 1. The number of nitrogens with one attached hydrogen (secondary N) is 2. The van der Waals surface area contributed by atoms with Gasteiger partial charge in [0.2, 0.25) is 11.9 Å². The molecule has 3 aromatic heterocycles. The molecule has 8 nitrogen and oxygen atoms in total. The first-order chi connectivity index (χ1) is 14.2. The topological polar surface area (TPSA) is 106 Å². The number of pyridine rings is 1. The van der Waals surface area contributed by atoms with Crippen molar-refractivity contribution in [3.63, 3.8) is 0 Å². The summed E-state index contributed by atoms with van der Waals surface area (Å²) in [6, 6.07) is 14.2. The van der Waals surface area contributed by atoms with Crippen molar-refractivity contribution in [1.29, 1.82) is 0 Å². The number of aromatic nitrogens is 5. The van der Waals surface area contributed by atoms with E-state index in [9.17, 15) is 0 Å². The Balaban J connectivity index is 1.51. The van der Waals surface area contributed by atoms with Crippen LogP contribution in [0.2, 0.25) is 0 Å². The molecule has 4 N–H and O–H groups in total. The van der Waals surface area contributed by atoms with Crippen molar-refractivity contribution in [2.75, 3.05) is 23.7 Å². The summed E-state index contributed by atoms with van der Waals surface area (Å²) in [6.07, 6.45) is 4.35. The maximum Gasteiger partial charge on any atom is 0.229 e. The molecule has 148 valence electrons. The Hall–Kier alpha value is -3.04. The SMILES string of the molecule is NCCCNc1nc(NCc2ccc(-c3ccccn3)cc2)n2ncc(Br)c2n1. The van der Waals surface area contributed by atoms with E-state index >= 15 is 0 Å². The number of fused-ring (bicyclic) bond motifs is 1. The number of hydrogen-bond donors (Lipinski definition) is 3. The van der Waals surface area contributed by atoms with Gasteiger partial charge in [-0.3, -0.25) is 4.98 Å². The molecular formula is C20H21BrN8. The molecule has 9 heteroatoms. The first kappa shape index (κ1) is 19.3. The molecule has 0 amide bonds. The molecule has 3 heterocycles. The zero-order valence-corrected chi connectivity index (χ0v) is 17.3. The second kappa shape index (κ2) is 8.97. The highest BCUT2D eigenvalue weighted by molar-refractivity contribution is 9.10. The molecule has 0 aliphatic carbocycles. The van der Waals surface area contributed by atoms with Gasteiger partial charge in [-0.25, -0.2) is 0 Å². The minimum atomic E-state index is 0.542. The molecule has 29 heavy (non-hydrogen) atoms. The van der Waals surface area contributed by atoms with E-state index in [0.29, 0.717) is 37.2 Å². The molecule has 0 aliphatic rings. The zero-order chi connectivity index (χ0) is 20.1. The summed E-state index contributed by atoms with van der Waals surface area (Å²) < 4.78 is 2.49. The minimum absolute atomic E-state index is 0.542. The summed E-state index contributed by atoms with van der Waals surface area (Å²) >= 11 is 3.49. The van der Waals surface area contributed by atoms with Gasteiger partial charge in [0, 0.05) is 24.8 Å². The Morgan fingerprint density at radius 3 is 2.66 bits per heavy atom. The molecule has 4 aromatic rings. The summed E-state index contributed by atoms with van der Waals surface area (Å²) in [6.45, 7) is 1.94. The van der Waals surface area contributed by atoms with Crippen LogP contribution in [0.1, 0.15) is 12.0 Å². The van der Waals surface area contributed by atoms with Gasteiger partial charge in [-0.2, -0.15) is 19.6 Å². The average Bonchev–Trinajstić information content (AvgIpc) is 3.14. The second-order valence-corrected chi connectivity index (χ2v) is 7.29. The molecule has 0 spiro atoms. The number of hydrogen-bond acceptors (Lipinski definition) is 7. The largest absolute Gasteiger partial charge is 0.354 e. The molecular weight excluding hydrogens is 432 g/mol. The Bertz CT molecular complexity index is 1080. The van der Waals surface area contributed by atoms with E-state index in [2.05, 4.69) is 70.9 Å². The van der Waals surface area contributed by atoms with Crippen LogP contribution in [0.3, 0.4) is 0 Å². The Morgan fingerprint density at radius 1 is 1.03 bits per heavy atom. The monoisotopic (exact) mass is 452 g/mol. The van der Waals surface area contributed by atoms with Gasteiger partial charge in [-0.15, -0.1) is 0 Å². The summed E-state index contributed by atoms with van der Waals surface area (Å²) in [7, 11) is 0. The molecule has 0 aliphatic heterocycles. The van der Waals surface area contributed by atoms with Crippen LogP contribution in [-0.2, 0) is 6.54 Å². The number of anilines is 2. The summed E-state index contributed by atoms with van der Waals surface area (Å²) in [5, 5.41) is 10.9. The number of nitrogens with two attached hydrogens (primary N) is 1. The fourth-order valence-corrected chi connectivity index (χ4v) is 3.20. The zero-order valence-electron chi connectivity index (χ0n) is 15.7. The van der Waals surface area contributed by atoms with Crippen LogP contribution in [0.4, 0.5) is 11.9 Å². The lowest BCUT2D eigenvalue weighted by molar-refractivity contribution is 0.846. The average molecular weight is 453 g/mol. The smallest absolute Gasteiger partial charge is 0.229 e. The Kier molecular flexibility index (Phi) is 5.97. The third kappa shape index (κ3) is 4.52. The third-order valence-electron chi connectivity index (χ3n) is 4.35. The lowest BCUT2D eigenvalue weighted by Gasteiger charge is -2.11. The van der Waals surface area contributed by atoms with Gasteiger partial charge >= 0.3 is 0 Å². The van der Waals surface area contributed by atoms with Gasteiger partial charge in [0.15, 0.2) is 5.65 Å². The number of nitrogens with zero attached hydrogens (tertiary/aromatic N) is 5. The van der Waals surface area contributed by atoms with Gasteiger partial charge in [-0.1, -0.05) is 30.3 Å². The van der Waals surface area contributed by atoms with E-state index in [4.69, 9.17) is 5.73 Å². The number of rotatable bonds is 8. The number of halogens is 1. The maximum absolute atomic E-state index is 5.56. The van der Waals surface area contributed by atoms with Gasteiger partial charge in [0.1, 0.15) is 0 Å². The first-order valence-electron chi connectivity index (χ1n) is 9.34. The molecule has 0 saturated heterocycles. The van der Waals surface area contributed by atoms with Crippen molar-refractivity contribution >= 4 is 33.5 Å². The molecule has 4 rings (SSSR count). The van der Waals surface area contributed by atoms with Crippen LogP contribution in [0.5, 0.6) is 0 Å². The molecule has 0 bridgehead atoms. The van der Waals surface area contributed by atoms with Crippen molar-refractivity contribution in [3.05, 3.63) is 64.9 Å². The lowest BCUT2D eigenvalue weighted by atomic mass is 10.1. The molecule has 0 atom stereocenters. The van der Waals surface area contributed by atoms with E-state index < -0.39 is 0 Å². The maximum atomic E-state index is 5.56. The van der Waals surface area contributed by atoms with Gasteiger partial charge in [-0.05, 0) is 46.6 Å². The summed E-state index contributed by atoms with van der Waals surface area (Å²) in [5.41, 5.74) is 9.43. The van der Waals surface area contributed by atoms with Crippen LogP contribution < -0.4 is 16.4 Å². The highest BCUT2D eigenvalue weighted by Crippen LogP contribution is 2.21. The standard InChI is InChI=1S/C20H21BrN8/c21-16-13-26-29-18(16)27-19(24-11-3-9-22)28-20(29)25-12-14-5-7-15(8-6-14)17-4-1-2-10-23-17/h1-2,4-8,10,13H,3,9,11-12,22H2,(H2,24,25,27,28). The van der Waals surface area contributed by atoms with E-state index in [1.807, 2.05) is 18.2 Å². The fourth-order valence-electron chi connectivity index (χ4n) is 2.85. The lowest BCUT2D eigenvalue weighted by Crippen LogP contribution is -2.14. The van der Waals surface area contributed by atoms with Crippen molar-refractivity contribution < 1.29 is 0 Å². The minimum Gasteiger partial charge on any atom is -0.354 e. The predicted octanol–water partition coefficient (Wildman–Crippen LogP) is 3.32. The molecule has 0 saturated carbocycles. The normalized spacial score (nSPS) is 11.0. The van der Waals surface area contributed by atoms with Crippen LogP contribution in [-0.4, -0.2) is 37.7 Å². The van der Waals surface area contributed by atoms with Gasteiger partial charge < -0.3 is 16.4 Å². The predicted molar refractivity (Wildman–Crippen MR) is 118 cm³/mol. The van der Waals surface area contributed by atoms with Crippen molar-refractivity contribution in [2.24, 2.45) is 5.73 Å². The summed E-state index contributed by atoms with van der Waals surface area (Å²) in [5.74, 6) is 1.16. The molecule has 0 radical (unpaired) electrons. The van der Waals surface area contributed by atoms with Gasteiger partial charge in [0.25, 0.3) is 0 Å². The Morgan fingerprint density at radius 2 is 1.90 bits per heavy atom. The highest BCUT2D eigenvalue weighted by Gasteiger charge is 2.11. The molecule has 0 unspecified atom stereocenters. The van der Waals surface area contributed by atoms with E-state index in [1.54, 1.807) is 16.9 Å². The van der Waals surface area contributed by atoms with Crippen molar-refractivity contribution in [3.8, 4) is 11.3 Å². The van der Waals surface area contributed by atoms with Crippen molar-refractivity contribution in [1.82, 2.24) is 24.6 Å². The van der Waals surface area contributed by atoms with E-state index in [0.717, 1.165) is 27.7 Å². The van der Waals surface area contributed by atoms with Crippen molar-refractivity contribution in [2.45, 2.75) is 13.0 Å². The van der Waals surface area contributed by atoms with Crippen LogP contribution in [0.15, 0.2) is 59.3 Å². The fraction of sp³-hybridized carbons (Fsp3) is 0.200. The van der Waals surface area contributed by atoms with Crippen LogP contribution >= 0.6 is 15.9 Å². The van der Waals surface area contributed by atoms with Crippen LogP contribution in [0, 0.1) is 0 Å². The highest BCUT2D eigenvalue weighted by atomic mass is 79.9. The van der Waals surface area contributed by atoms with E-state index in [-0.39, 0.29) is 0 Å². The third-order valence-corrected chi connectivity index (χ3v) is 4.91.